The van der Waals surface area contributed by atoms with Gasteiger partial charge in [-0.1, -0.05) is 30.3 Å². The molecular formula is C19H26N4O2S. The third-order valence-electron chi connectivity index (χ3n) is 4.83. The first-order valence-electron chi connectivity index (χ1n) is 8.99. The molecule has 0 unspecified atom stereocenters. The average Bonchev–Trinajstić information content (AvgIpc) is 2.63. The number of nitrogens with one attached hydrogen (secondary N) is 1. The Morgan fingerprint density at radius 3 is 2.50 bits per heavy atom. The van der Waals surface area contributed by atoms with Crippen molar-refractivity contribution in [3.05, 3.63) is 58.9 Å². The van der Waals surface area contributed by atoms with Gasteiger partial charge in [-0.3, -0.25) is 0 Å². The van der Waals surface area contributed by atoms with Gasteiger partial charge in [0.25, 0.3) is 0 Å². The maximum atomic E-state index is 12.6. The van der Waals surface area contributed by atoms with Crippen molar-refractivity contribution < 1.29 is 8.42 Å². The van der Waals surface area contributed by atoms with Crippen LogP contribution in [0.2, 0.25) is 0 Å². The monoisotopic (exact) mass is 374 g/mol. The molecule has 7 heteroatoms. The average molecular weight is 375 g/mol. The molecule has 2 aromatic rings. The highest BCUT2D eigenvalue weighted by Crippen LogP contribution is 2.18. The Balaban J connectivity index is 1.51. The number of hydrogen-bond acceptors (Lipinski definition) is 5. The van der Waals surface area contributed by atoms with E-state index < -0.39 is 10.0 Å². The summed E-state index contributed by atoms with van der Waals surface area (Å²) in [5.74, 6) is 0.0765. The van der Waals surface area contributed by atoms with Crippen LogP contribution in [-0.4, -0.2) is 42.1 Å². The van der Waals surface area contributed by atoms with E-state index in [0.29, 0.717) is 19.1 Å². The topological polar surface area (TPSA) is 75.2 Å². The molecule has 1 fully saturated rings. The van der Waals surface area contributed by atoms with E-state index in [1.54, 1.807) is 4.31 Å². The zero-order valence-electron chi connectivity index (χ0n) is 15.4. The van der Waals surface area contributed by atoms with Gasteiger partial charge in [0.15, 0.2) is 0 Å². The Labute approximate surface area is 155 Å². The van der Waals surface area contributed by atoms with Crippen molar-refractivity contribution in [1.29, 1.82) is 0 Å². The third kappa shape index (κ3) is 4.87. The molecule has 0 radical (unpaired) electrons. The quantitative estimate of drug-likeness (QED) is 0.839. The SMILES string of the molecule is Cc1cc(CNC2CCN(S(=O)(=O)Cc3ccccc3)CC2)c(C)nn1. The Morgan fingerprint density at radius 1 is 1.12 bits per heavy atom. The molecule has 0 bridgehead atoms. The molecule has 0 aliphatic carbocycles. The van der Waals surface area contributed by atoms with E-state index in [-0.39, 0.29) is 5.75 Å². The molecule has 3 rings (SSSR count). The minimum atomic E-state index is -3.25. The van der Waals surface area contributed by atoms with E-state index >= 15 is 0 Å². The second kappa shape index (κ2) is 8.24. The molecule has 0 atom stereocenters. The first-order valence-corrected chi connectivity index (χ1v) is 10.6. The van der Waals surface area contributed by atoms with E-state index in [2.05, 4.69) is 21.6 Å². The van der Waals surface area contributed by atoms with Gasteiger partial charge in [0.1, 0.15) is 0 Å². The van der Waals surface area contributed by atoms with Gasteiger partial charge in [-0.2, -0.15) is 10.2 Å². The molecule has 1 saturated heterocycles. The molecule has 6 nitrogen and oxygen atoms in total. The zero-order chi connectivity index (χ0) is 18.6. The summed E-state index contributed by atoms with van der Waals surface area (Å²) in [5, 5.41) is 11.7. The van der Waals surface area contributed by atoms with Crippen LogP contribution in [0.3, 0.4) is 0 Å². The predicted octanol–water partition coefficient (Wildman–Crippen LogP) is 2.18. The van der Waals surface area contributed by atoms with Crippen molar-refractivity contribution in [2.24, 2.45) is 0 Å². The normalized spacial score (nSPS) is 16.7. The van der Waals surface area contributed by atoms with Gasteiger partial charge in [0, 0.05) is 25.7 Å². The molecule has 0 spiro atoms. The number of nitrogens with zero attached hydrogens (tertiary/aromatic N) is 3. The summed E-state index contributed by atoms with van der Waals surface area (Å²) >= 11 is 0. The van der Waals surface area contributed by atoms with Crippen LogP contribution in [0.1, 0.15) is 35.4 Å². The second-order valence-corrected chi connectivity index (χ2v) is 8.86. The maximum absolute atomic E-state index is 12.6. The molecule has 1 aliphatic rings. The number of sulfonamides is 1. The van der Waals surface area contributed by atoms with Crippen LogP contribution in [0, 0.1) is 13.8 Å². The van der Waals surface area contributed by atoms with E-state index in [4.69, 9.17) is 0 Å². The van der Waals surface area contributed by atoms with Crippen molar-refractivity contribution in [2.75, 3.05) is 13.1 Å². The zero-order valence-corrected chi connectivity index (χ0v) is 16.2. The highest BCUT2D eigenvalue weighted by atomic mass is 32.2. The summed E-state index contributed by atoms with van der Waals surface area (Å²) in [6.45, 7) is 5.77. The van der Waals surface area contributed by atoms with Gasteiger partial charge in [-0.15, -0.1) is 0 Å². The highest BCUT2D eigenvalue weighted by Gasteiger charge is 2.27. The van der Waals surface area contributed by atoms with Gasteiger partial charge in [0.05, 0.1) is 17.1 Å². The first-order chi connectivity index (χ1) is 12.4. The second-order valence-electron chi connectivity index (χ2n) is 6.89. The smallest absolute Gasteiger partial charge is 0.218 e. The van der Waals surface area contributed by atoms with Crippen molar-refractivity contribution >= 4 is 10.0 Å². The fourth-order valence-electron chi connectivity index (χ4n) is 3.25. The fourth-order valence-corrected chi connectivity index (χ4v) is 4.81. The molecule has 1 aromatic carbocycles. The summed E-state index contributed by atoms with van der Waals surface area (Å²) in [5.41, 5.74) is 3.83. The molecule has 2 heterocycles. The summed E-state index contributed by atoms with van der Waals surface area (Å²) in [7, 11) is -3.25. The lowest BCUT2D eigenvalue weighted by atomic mass is 10.1. The lowest BCUT2D eigenvalue weighted by molar-refractivity contribution is 0.288. The molecular weight excluding hydrogens is 348 g/mol. The standard InChI is InChI=1S/C19H26N4O2S/c1-15-12-18(16(2)22-21-15)13-20-19-8-10-23(11-9-19)26(24,25)14-17-6-4-3-5-7-17/h3-7,12,19-20H,8-11,13-14H2,1-2H3. The van der Waals surface area contributed by atoms with Gasteiger partial charge in [-0.25, -0.2) is 12.7 Å². The minimum absolute atomic E-state index is 0.0765. The molecule has 1 N–H and O–H groups in total. The van der Waals surface area contributed by atoms with Crippen LogP contribution in [0.15, 0.2) is 36.4 Å². The highest BCUT2D eigenvalue weighted by molar-refractivity contribution is 7.88. The van der Waals surface area contributed by atoms with Crippen molar-refractivity contribution in [1.82, 2.24) is 19.8 Å². The Kier molecular flexibility index (Phi) is 6.01. The van der Waals surface area contributed by atoms with Crippen molar-refractivity contribution in [2.45, 2.75) is 45.0 Å². The van der Waals surface area contributed by atoms with Crippen molar-refractivity contribution in [3.8, 4) is 0 Å². The summed E-state index contributed by atoms with van der Waals surface area (Å²) in [6.07, 6.45) is 1.65. The van der Waals surface area contributed by atoms with Crippen LogP contribution in [0.25, 0.3) is 0 Å². The molecule has 0 amide bonds. The largest absolute Gasteiger partial charge is 0.310 e. The molecule has 1 aliphatic heterocycles. The lowest BCUT2D eigenvalue weighted by Crippen LogP contribution is -2.45. The summed E-state index contributed by atoms with van der Waals surface area (Å²) in [6, 6.07) is 11.7. The van der Waals surface area contributed by atoms with E-state index in [1.807, 2.05) is 44.2 Å². The Morgan fingerprint density at radius 2 is 1.81 bits per heavy atom. The van der Waals surface area contributed by atoms with Crippen LogP contribution >= 0.6 is 0 Å². The lowest BCUT2D eigenvalue weighted by Gasteiger charge is -2.32. The number of hydrogen-bond donors (Lipinski definition) is 1. The molecule has 1 aromatic heterocycles. The van der Waals surface area contributed by atoms with Gasteiger partial charge in [0.2, 0.25) is 10.0 Å². The van der Waals surface area contributed by atoms with Gasteiger partial charge < -0.3 is 5.32 Å². The number of benzene rings is 1. The van der Waals surface area contributed by atoms with Crippen LogP contribution < -0.4 is 5.32 Å². The molecule has 0 saturated carbocycles. The molecule has 26 heavy (non-hydrogen) atoms. The number of aryl methyl sites for hydroxylation is 2. The number of aromatic nitrogens is 2. The van der Waals surface area contributed by atoms with E-state index in [0.717, 1.165) is 41.9 Å². The minimum Gasteiger partial charge on any atom is -0.310 e. The van der Waals surface area contributed by atoms with Gasteiger partial charge >= 0.3 is 0 Å². The van der Waals surface area contributed by atoms with Crippen molar-refractivity contribution in [3.63, 3.8) is 0 Å². The third-order valence-corrected chi connectivity index (χ3v) is 6.68. The number of piperidine rings is 1. The van der Waals surface area contributed by atoms with Crippen LogP contribution in [0.5, 0.6) is 0 Å². The molecule has 140 valence electrons. The maximum Gasteiger partial charge on any atom is 0.218 e. The van der Waals surface area contributed by atoms with E-state index in [9.17, 15) is 8.42 Å². The van der Waals surface area contributed by atoms with Gasteiger partial charge in [-0.05, 0) is 43.9 Å². The van der Waals surface area contributed by atoms with E-state index in [1.165, 1.54) is 0 Å². The number of rotatable bonds is 6. The Hall–Kier alpha value is -1.83. The Bertz CT molecular complexity index is 832. The summed E-state index contributed by atoms with van der Waals surface area (Å²) < 4.78 is 26.9. The predicted molar refractivity (Wildman–Crippen MR) is 102 cm³/mol. The fraction of sp³-hybridized carbons (Fsp3) is 0.474. The summed E-state index contributed by atoms with van der Waals surface area (Å²) in [4.78, 5) is 0. The van der Waals surface area contributed by atoms with Crippen LogP contribution in [0.4, 0.5) is 0 Å². The van der Waals surface area contributed by atoms with Crippen LogP contribution in [-0.2, 0) is 22.3 Å². The first kappa shape index (κ1) is 18.9.